The van der Waals surface area contributed by atoms with Crippen LogP contribution in [-0.4, -0.2) is 22.0 Å². The van der Waals surface area contributed by atoms with Crippen molar-refractivity contribution in [1.82, 2.24) is 15.0 Å². The van der Waals surface area contributed by atoms with Crippen LogP contribution < -0.4 is 5.32 Å². The Morgan fingerprint density at radius 1 is 1.33 bits per heavy atom. The number of nitrogens with zero attached hydrogens (tertiary/aromatic N) is 3. The van der Waals surface area contributed by atoms with Crippen LogP contribution in [0.4, 0.5) is 5.82 Å². The Kier molecular flexibility index (Phi) is 3.91. The fourth-order valence-electron chi connectivity index (χ4n) is 1.74. The van der Waals surface area contributed by atoms with Crippen LogP contribution in [0.5, 0.6) is 0 Å². The highest BCUT2D eigenvalue weighted by Crippen LogP contribution is 2.28. The van der Waals surface area contributed by atoms with E-state index in [4.69, 9.17) is 0 Å². The number of halogens is 1. The van der Waals surface area contributed by atoms with Crippen LogP contribution >= 0.6 is 15.9 Å². The zero-order valence-corrected chi connectivity index (χ0v) is 12.2. The van der Waals surface area contributed by atoms with Gasteiger partial charge in [0, 0.05) is 25.0 Å². The standard InChI is InChI=1S/C13H15BrN4/c1-4-10-11(14)13(15-3)18-12(17-10)9-5-6-16-7-8(9)2/h5-7H,4H2,1-3H3,(H,15,17,18). The molecule has 94 valence electrons. The van der Waals surface area contributed by atoms with Crippen LogP contribution in [-0.2, 0) is 6.42 Å². The zero-order valence-electron chi connectivity index (χ0n) is 10.7. The average molecular weight is 307 g/mol. The summed E-state index contributed by atoms with van der Waals surface area (Å²) in [6.45, 7) is 4.09. The molecule has 18 heavy (non-hydrogen) atoms. The Labute approximate surface area is 115 Å². The topological polar surface area (TPSA) is 50.7 Å². The first-order valence-electron chi connectivity index (χ1n) is 5.82. The van der Waals surface area contributed by atoms with Crippen LogP contribution in [0.1, 0.15) is 18.2 Å². The zero-order chi connectivity index (χ0) is 13.1. The molecular weight excluding hydrogens is 292 g/mol. The quantitative estimate of drug-likeness (QED) is 0.946. The Bertz CT molecular complexity index is 544. The fraction of sp³-hybridized carbons (Fsp3) is 0.308. The Morgan fingerprint density at radius 2 is 2.11 bits per heavy atom. The third-order valence-electron chi connectivity index (χ3n) is 2.75. The van der Waals surface area contributed by atoms with E-state index in [-0.39, 0.29) is 0 Å². The van der Waals surface area contributed by atoms with Crippen LogP contribution in [0.3, 0.4) is 0 Å². The van der Waals surface area contributed by atoms with Crippen molar-refractivity contribution < 1.29 is 0 Å². The van der Waals surface area contributed by atoms with Gasteiger partial charge in [0.2, 0.25) is 0 Å². The summed E-state index contributed by atoms with van der Waals surface area (Å²) >= 11 is 3.53. The van der Waals surface area contributed by atoms with Gasteiger partial charge in [-0.3, -0.25) is 4.98 Å². The van der Waals surface area contributed by atoms with Gasteiger partial charge in [0.1, 0.15) is 5.82 Å². The number of rotatable bonds is 3. The maximum absolute atomic E-state index is 4.60. The molecule has 2 rings (SSSR count). The molecule has 1 N–H and O–H groups in total. The molecule has 0 unspecified atom stereocenters. The van der Waals surface area contributed by atoms with Crippen LogP contribution in [0.2, 0.25) is 0 Å². The van der Waals surface area contributed by atoms with Crippen molar-refractivity contribution in [3.05, 3.63) is 34.2 Å². The first-order chi connectivity index (χ1) is 8.67. The largest absolute Gasteiger partial charge is 0.372 e. The number of anilines is 1. The SMILES string of the molecule is CCc1nc(-c2ccncc2C)nc(NC)c1Br. The number of aryl methyl sites for hydroxylation is 2. The number of hydrogen-bond donors (Lipinski definition) is 1. The molecule has 0 aromatic carbocycles. The highest BCUT2D eigenvalue weighted by Gasteiger charge is 2.12. The maximum Gasteiger partial charge on any atom is 0.162 e. The van der Waals surface area contributed by atoms with Crippen molar-refractivity contribution in [1.29, 1.82) is 0 Å². The van der Waals surface area contributed by atoms with Crippen molar-refractivity contribution in [3.63, 3.8) is 0 Å². The molecule has 2 aromatic rings. The van der Waals surface area contributed by atoms with E-state index in [0.29, 0.717) is 0 Å². The van der Waals surface area contributed by atoms with Gasteiger partial charge in [0.05, 0.1) is 10.2 Å². The minimum Gasteiger partial charge on any atom is -0.372 e. The maximum atomic E-state index is 4.60. The first kappa shape index (κ1) is 13.0. The highest BCUT2D eigenvalue weighted by atomic mass is 79.9. The summed E-state index contributed by atoms with van der Waals surface area (Å²) in [6.07, 6.45) is 4.44. The summed E-state index contributed by atoms with van der Waals surface area (Å²) < 4.78 is 0.933. The molecule has 0 fully saturated rings. The molecule has 2 heterocycles. The molecule has 0 aliphatic heterocycles. The molecule has 4 nitrogen and oxygen atoms in total. The van der Waals surface area contributed by atoms with Gasteiger partial charge in [-0.05, 0) is 40.9 Å². The molecule has 0 atom stereocenters. The summed E-state index contributed by atoms with van der Waals surface area (Å²) in [5, 5.41) is 3.09. The number of nitrogens with one attached hydrogen (secondary N) is 1. The lowest BCUT2D eigenvalue weighted by atomic mass is 10.1. The lowest BCUT2D eigenvalue weighted by Gasteiger charge is -2.11. The highest BCUT2D eigenvalue weighted by molar-refractivity contribution is 9.10. The lowest BCUT2D eigenvalue weighted by molar-refractivity contribution is 0.989. The number of pyridine rings is 1. The lowest BCUT2D eigenvalue weighted by Crippen LogP contribution is -2.03. The number of hydrogen-bond acceptors (Lipinski definition) is 4. The second-order valence-electron chi connectivity index (χ2n) is 3.95. The monoisotopic (exact) mass is 306 g/mol. The molecule has 0 spiro atoms. The van der Waals surface area contributed by atoms with Crippen LogP contribution in [0.15, 0.2) is 22.9 Å². The van der Waals surface area contributed by atoms with Gasteiger partial charge in [0.15, 0.2) is 5.82 Å². The first-order valence-corrected chi connectivity index (χ1v) is 6.61. The summed E-state index contributed by atoms with van der Waals surface area (Å²) in [5.41, 5.74) is 3.09. The molecular formula is C13H15BrN4. The molecule has 5 heteroatoms. The predicted molar refractivity (Wildman–Crippen MR) is 76.6 cm³/mol. The van der Waals surface area contributed by atoms with E-state index in [1.165, 1.54) is 0 Å². The van der Waals surface area contributed by atoms with E-state index in [9.17, 15) is 0 Å². The second kappa shape index (κ2) is 5.44. The summed E-state index contributed by atoms with van der Waals surface area (Å²) in [7, 11) is 1.86. The van der Waals surface area contributed by atoms with E-state index < -0.39 is 0 Å². The molecule has 0 radical (unpaired) electrons. The van der Waals surface area contributed by atoms with Crippen LogP contribution in [0.25, 0.3) is 11.4 Å². The normalized spacial score (nSPS) is 10.4. The molecule has 0 aliphatic carbocycles. The van der Waals surface area contributed by atoms with E-state index in [1.54, 1.807) is 6.20 Å². The van der Waals surface area contributed by atoms with Crippen molar-refractivity contribution in [2.75, 3.05) is 12.4 Å². The summed E-state index contributed by atoms with van der Waals surface area (Å²) in [6, 6.07) is 1.94. The van der Waals surface area contributed by atoms with Gasteiger partial charge in [-0.25, -0.2) is 9.97 Å². The Hall–Kier alpha value is -1.49. The van der Waals surface area contributed by atoms with Crippen molar-refractivity contribution >= 4 is 21.7 Å². The van der Waals surface area contributed by atoms with Gasteiger partial charge in [-0.15, -0.1) is 0 Å². The van der Waals surface area contributed by atoms with Gasteiger partial charge in [-0.2, -0.15) is 0 Å². The van der Waals surface area contributed by atoms with Gasteiger partial charge in [-0.1, -0.05) is 6.92 Å². The van der Waals surface area contributed by atoms with E-state index in [0.717, 1.165) is 39.4 Å². The van der Waals surface area contributed by atoms with Crippen LogP contribution in [0, 0.1) is 6.92 Å². The summed E-state index contributed by atoms with van der Waals surface area (Å²) in [4.78, 5) is 13.2. The van der Waals surface area contributed by atoms with Gasteiger partial charge in [0.25, 0.3) is 0 Å². The van der Waals surface area contributed by atoms with E-state index in [1.807, 2.05) is 26.2 Å². The minimum absolute atomic E-state index is 0.735. The second-order valence-corrected chi connectivity index (χ2v) is 4.74. The Morgan fingerprint density at radius 3 is 2.72 bits per heavy atom. The van der Waals surface area contributed by atoms with E-state index in [2.05, 4.69) is 43.1 Å². The van der Waals surface area contributed by atoms with Crippen molar-refractivity contribution in [2.24, 2.45) is 0 Å². The fourth-order valence-corrected chi connectivity index (χ4v) is 2.39. The molecule has 0 saturated carbocycles. The smallest absolute Gasteiger partial charge is 0.162 e. The Balaban J connectivity index is 2.62. The van der Waals surface area contributed by atoms with Crippen molar-refractivity contribution in [3.8, 4) is 11.4 Å². The van der Waals surface area contributed by atoms with Gasteiger partial charge >= 0.3 is 0 Å². The number of aromatic nitrogens is 3. The third-order valence-corrected chi connectivity index (χ3v) is 3.59. The molecule has 0 saturated heterocycles. The predicted octanol–water partition coefficient (Wildman–Crippen LogP) is 3.21. The molecule has 2 aromatic heterocycles. The minimum atomic E-state index is 0.735. The molecule has 0 amide bonds. The van der Waals surface area contributed by atoms with Crippen molar-refractivity contribution in [2.45, 2.75) is 20.3 Å². The third kappa shape index (κ3) is 2.36. The average Bonchev–Trinajstić information content (AvgIpc) is 2.40. The van der Waals surface area contributed by atoms with E-state index >= 15 is 0 Å². The molecule has 0 aliphatic rings. The van der Waals surface area contributed by atoms with Gasteiger partial charge < -0.3 is 5.32 Å². The summed E-state index contributed by atoms with van der Waals surface area (Å²) in [5.74, 6) is 1.55. The molecule has 0 bridgehead atoms.